The van der Waals surface area contributed by atoms with Gasteiger partial charge in [-0.3, -0.25) is 4.79 Å². The summed E-state index contributed by atoms with van der Waals surface area (Å²) >= 11 is 0. The van der Waals surface area contributed by atoms with Gasteiger partial charge in [0.1, 0.15) is 12.1 Å². The fourth-order valence-electron chi connectivity index (χ4n) is 2.26. The van der Waals surface area contributed by atoms with Gasteiger partial charge in [-0.2, -0.15) is 0 Å². The molecule has 5 nitrogen and oxygen atoms in total. The minimum Gasteiger partial charge on any atom is -0.384 e. The third kappa shape index (κ3) is 1.74. The number of fused-ring (bicyclic) bond motifs is 1. The number of carbonyl (C=O) groups excluding carboxylic acids is 1. The highest BCUT2D eigenvalue weighted by Crippen LogP contribution is 2.39. The zero-order valence-electron chi connectivity index (χ0n) is 10.8. The lowest BCUT2D eigenvalue weighted by molar-refractivity contribution is -0.119. The normalized spacial score (nSPS) is 16.0. The number of nitrogen functional groups attached to an aromatic ring is 1. The molecule has 96 valence electrons. The molecule has 1 amide bonds. The maximum absolute atomic E-state index is 11.9. The largest absolute Gasteiger partial charge is 0.384 e. The molecule has 2 heterocycles. The van der Waals surface area contributed by atoms with E-state index < -0.39 is 5.41 Å². The van der Waals surface area contributed by atoms with Crippen molar-refractivity contribution in [1.82, 2.24) is 9.97 Å². The topological polar surface area (TPSA) is 80.9 Å². The number of nitrogens with one attached hydrogen (secondary N) is 1. The highest BCUT2D eigenvalue weighted by Gasteiger charge is 2.38. The van der Waals surface area contributed by atoms with E-state index in [-0.39, 0.29) is 5.91 Å². The summed E-state index contributed by atoms with van der Waals surface area (Å²) in [6.45, 7) is 3.82. The molecular formula is C14H14N4O. The molecule has 3 rings (SSSR count). The van der Waals surface area contributed by atoms with E-state index in [0.29, 0.717) is 5.82 Å². The zero-order chi connectivity index (χ0) is 13.6. The fourth-order valence-corrected chi connectivity index (χ4v) is 2.26. The first-order valence-corrected chi connectivity index (χ1v) is 6.02. The van der Waals surface area contributed by atoms with E-state index in [4.69, 9.17) is 5.73 Å². The molecule has 1 aromatic carbocycles. The molecule has 0 saturated heterocycles. The lowest BCUT2D eigenvalue weighted by Crippen LogP contribution is -2.26. The Bertz CT molecular complexity index is 679. The first-order valence-electron chi connectivity index (χ1n) is 6.02. The summed E-state index contributed by atoms with van der Waals surface area (Å²) in [6, 6.07) is 7.52. The second-order valence-electron chi connectivity index (χ2n) is 5.17. The maximum Gasteiger partial charge on any atom is 0.234 e. The van der Waals surface area contributed by atoms with Crippen molar-refractivity contribution in [2.75, 3.05) is 11.1 Å². The van der Waals surface area contributed by atoms with Crippen LogP contribution in [-0.2, 0) is 10.2 Å². The number of nitrogens with two attached hydrogens (primary N) is 1. The molecular weight excluding hydrogens is 240 g/mol. The number of nitrogens with zero attached hydrogens (tertiary/aromatic N) is 2. The van der Waals surface area contributed by atoms with Gasteiger partial charge in [-0.1, -0.05) is 6.07 Å². The molecule has 0 saturated carbocycles. The minimum absolute atomic E-state index is 0.0156. The van der Waals surface area contributed by atoms with Gasteiger partial charge in [-0.25, -0.2) is 9.97 Å². The third-order valence-electron chi connectivity index (χ3n) is 3.49. The summed E-state index contributed by atoms with van der Waals surface area (Å²) in [5.41, 5.74) is 8.67. The van der Waals surface area contributed by atoms with Gasteiger partial charge in [-0.15, -0.1) is 0 Å². The second-order valence-corrected chi connectivity index (χ2v) is 5.17. The number of hydrogen-bond acceptors (Lipinski definition) is 4. The van der Waals surface area contributed by atoms with E-state index in [9.17, 15) is 4.79 Å². The summed E-state index contributed by atoms with van der Waals surface area (Å²) in [5.74, 6) is 0.445. The van der Waals surface area contributed by atoms with Crippen LogP contribution in [0.5, 0.6) is 0 Å². The Labute approximate surface area is 110 Å². The predicted octanol–water partition coefficient (Wildman–Crippen LogP) is 1.96. The summed E-state index contributed by atoms with van der Waals surface area (Å²) in [7, 11) is 0. The SMILES string of the molecule is CC1(C)C(=O)Nc2ccc(-c3cc(N)ncn3)cc21. The molecule has 0 aliphatic carbocycles. The Balaban J connectivity index is 2.13. The van der Waals surface area contributed by atoms with Gasteiger partial charge >= 0.3 is 0 Å². The van der Waals surface area contributed by atoms with Crippen molar-refractivity contribution < 1.29 is 4.79 Å². The smallest absolute Gasteiger partial charge is 0.234 e. The van der Waals surface area contributed by atoms with Gasteiger partial charge in [-0.05, 0) is 31.5 Å². The number of benzene rings is 1. The number of hydrogen-bond donors (Lipinski definition) is 2. The molecule has 2 aromatic rings. The zero-order valence-corrected chi connectivity index (χ0v) is 10.8. The molecule has 3 N–H and O–H groups in total. The van der Waals surface area contributed by atoms with Crippen molar-refractivity contribution >= 4 is 17.4 Å². The van der Waals surface area contributed by atoms with Crippen LogP contribution >= 0.6 is 0 Å². The van der Waals surface area contributed by atoms with Gasteiger partial charge in [0.05, 0.1) is 11.1 Å². The first-order chi connectivity index (χ1) is 8.98. The number of aromatic nitrogens is 2. The van der Waals surface area contributed by atoms with Crippen molar-refractivity contribution in [3.8, 4) is 11.3 Å². The van der Waals surface area contributed by atoms with E-state index >= 15 is 0 Å². The van der Waals surface area contributed by atoms with Crippen molar-refractivity contribution in [1.29, 1.82) is 0 Å². The molecule has 19 heavy (non-hydrogen) atoms. The molecule has 1 aromatic heterocycles. The second kappa shape index (κ2) is 3.78. The van der Waals surface area contributed by atoms with Crippen LogP contribution in [0.4, 0.5) is 11.5 Å². The predicted molar refractivity (Wildman–Crippen MR) is 73.5 cm³/mol. The van der Waals surface area contributed by atoms with Crippen molar-refractivity contribution in [2.24, 2.45) is 0 Å². The molecule has 0 spiro atoms. The van der Waals surface area contributed by atoms with Gasteiger partial charge in [0.25, 0.3) is 0 Å². The molecule has 1 aliphatic rings. The Kier molecular flexibility index (Phi) is 2.32. The van der Waals surface area contributed by atoms with E-state index in [2.05, 4.69) is 15.3 Å². The monoisotopic (exact) mass is 254 g/mol. The lowest BCUT2D eigenvalue weighted by atomic mass is 9.85. The van der Waals surface area contributed by atoms with Crippen LogP contribution in [0.3, 0.4) is 0 Å². The van der Waals surface area contributed by atoms with E-state index in [1.165, 1.54) is 6.33 Å². The van der Waals surface area contributed by atoms with E-state index in [1.807, 2.05) is 32.0 Å². The molecule has 0 unspecified atom stereocenters. The van der Waals surface area contributed by atoms with E-state index in [0.717, 1.165) is 22.5 Å². The first kappa shape index (κ1) is 11.6. The van der Waals surface area contributed by atoms with Gasteiger partial charge in [0.15, 0.2) is 0 Å². The van der Waals surface area contributed by atoms with Gasteiger partial charge in [0, 0.05) is 17.3 Å². The number of anilines is 2. The lowest BCUT2D eigenvalue weighted by Gasteiger charge is -2.15. The van der Waals surface area contributed by atoms with Crippen LogP contribution in [-0.4, -0.2) is 15.9 Å². The van der Waals surface area contributed by atoms with Crippen molar-refractivity contribution in [3.05, 3.63) is 36.2 Å². The maximum atomic E-state index is 11.9. The van der Waals surface area contributed by atoms with Crippen molar-refractivity contribution in [3.63, 3.8) is 0 Å². The minimum atomic E-state index is -0.524. The quantitative estimate of drug-likeness (QED) is 0.815. The Morgan fingerprint density at radius 1 is 1.21 bits per heavy atom. The Morgan fingerprint density at radius 3 is 2.74 bits per heavy atom. The Hall–Kier alpha value is -2.43. The molecule has 5 heteroatoms. The van der Waals surface area contributed by atoms with E-state index in [1.54, 1.807) is 6.07 Å². The number of carbonyl (C=O) groups is 1. The average molecular weight is 254 g/mol. The molecule has 0 fully saturated rings. The number of rotatable bonds is 1. The highest BCUT2D eigenvalue weighted by atomic mass is 16.2. The van der Waals surface area contributed by atoms with Gasteiger partial charge < -0.3 is 11.1 Å². The molecule has 0 radical (unpaired) electrons. The van der Waals surface area contributed by atoms with Crippen LogP contribution in [0, 0.1) is 0 Å². The molecule has 0 bridgehead atoms. The standard InChI is InChI=1S/C14H14N4O/c1-14(2)9-5-8(3-4-10(9)18-13(14)19)11-6-12(15)17-7-16-11/h3-7H,1-2H3,(H,18,19)(H2,15,16,17). The molecule has 0 atom stereocenters. The van der Waals surface area contributed by atoms with Crippen LogP contribution in [0.2, 0.25) is 0 Å². The van der Waals surface area contributed by atoms with Crippen LogP contribution in [0.15, 0.2) is 30.6 Å². The van der Waals surface area contributed by atoms with Gasteiger partial charge in [0.2, 0.25) is 5.91 Å². The summed E-state index contributed by atoms with van der Waals surface area (Å²) < 4.78 is 0. The highest BCUT2D eigenvalue weighted by molar-refractivity contribution is 6.06. The van der Waals surface area contributed by atoms with Crippen molar-refractivity contribution in [2.45, 2.75) is 19.3 Å². The summed E-state index contributed by atoms with van der Waals surface area (Å²) in [5, 5.41) is 2.88. The fraction of sp³-hybridized carbons (Fsp3) is 0.214. The summed E-state index contributed by atoms with van der Waals surface area (Å²) in [4.78, 5) is 20.0. The van der Waals surface area contributed by atoms with Crippen LogP contribution in [0.25, 0.3) is 11.3 Å². The molecule has 1 aliphatic heterocycles. The average Bonchev–Trinajstić information content (AvgIpc) is 2.60. The van der Waals surface area contributed by atoms with Crippen LogP contribution in [0.1, 0.15) is 19.4 Å². The van der Waals surface area contributed by atoms with Crippen LogP contribution < -0.4 is 11.1 Å². The Morgan fingerprint density at radius 2 is 2.00 bits per heavy atom. The third-order valence-corrected chi connectivity index (χ3v) is 3.49. The summed E-state index contributed by atoms with van der Waals surface area (Å²) in [6.07, 6.45) is 1.44. The number of amides is 1.